The summed E-state index contributed by atoms with van der Waals surface area (Å²) >= 11 is 3.64. The number of rotatable bonds is 4. The van der Waals surface area contributed by atoms with Crippen LogP contribution in [-0.4, -0.2) is 13.7 Å². The van der Waals surface area contributed by atoms with Gasteiger partial charge in [-0.05, 0) is 64.3 Å². The molecule has 1 aliphatic carbocycles. The number of hydrogen-bond acceptors (Lipinski definition) is 2. The fraction of sp³-hybridized carbons (Fsp3) is 0.600. The number of halogens is 1. The van der Waals surface area contributed by atoms with Crippen molar-refractivity contribution in [2.75, 3.05) is 13.7 Å². The molecular weight excluding hydrogens is 290 g/mol. The second kappa shape index (κ2) is 6.07. The Hall–Kier alpha value is -0.540. The molecule has 2 rings (SSSR count). The monoisotopic (exact) mass is 311 g/mol. The maximum atomic E-state index is 5.78. The molecule has 0 radical (unpaired) electrons. The van der Waals surface area contributed by atoms with Crippen LogP contribution < -0.4 is 10.5 Å². The zero-order valence-electron chi connectivity index (χ0n) is 11.2. The van der Waals surface area contributed by atoms with Gasteiger partial charge in [0.05, 0.1) is 11.6 Å². The summed E-state index contributed by atoms with van der Waals surface area (Å²) in [5.41, 5.74) is 8.45. The first kappa shape index (κ1) is 13.9. The Balaban J connectivity index is 2.43. The van der Waals surface area contributed by atoms with Crippen molar-refractivity contribution >= 4 is 15.9 Å². The summed E-state index contributed by atoms with van der Waals surface area (Å²) in [6.45, 7) is 2.86. The number of methoxy groups -OCH3 is 1. The lowest BCUT2D eigenvalue weighted by Crippen LogP contribution is -2.10. The Kier molecular flexibility index (Phi) is 4.68. The molecule has 18 heavy (non-hydrogen) atoms. The Labute approximate surface area is 118 Å². The Morgan fingerprint density at radius 2 is 2.06 bits per heavy atom. The fourth-order valence-electron chi connectivity index (χ4n) is 2.81. The fourth-order valence-corrected chi connectivity index (χ4v) is 3.47. The minimum atomic E-state index is 0.396. The minimum Gasteiger partial charge on any atom is -0.495 e. The van der Waals surface area contributed by atoms with Gasteiger partial charge in [-0.2, -0.15) is 0 Å². The van der Waals surface area contributed by atoms with Gasteiger partial charge in [0.25, 0.3) is 0 Å². The lowest BCUT2D eigenvalue weighted by atomic mass is 9.91. The van der Waals surface area contributed by atoms with Crippen LogP contribution in [0.2, 0.25) is 0 Å². The van der Waals surface area contributed by atoms with Crippen LogP contribution in [0.5, 0.6) is 5.75 Å². The third kappa shape index (κ3) is 2.72. The van der Waals surface area contributed by atoms with Gasteiger partial charge in [0, 0.05) is 0 Å². The summed E-state index contributed by atoms with van der Waals surface area (Å²) in [5, 5.41) is 0. The average molecular weight is 312 g/mol. The molecule has 1 aromatic rings. The maximum Gasteiger partial charge on any atom is 0.136 e. The maximum absolute atomic E-state index is 5.78. The van der Waals surface area contributed by atoms with E-state index in [9.17, 15) is 0 Å². The van der Waals surface area contributed by atoms with Gasteiger partial charge in [0.2, 0.25) is 0 Å². The van der Waals surface area contributed by atoms with Gasteiger partial charge in [-0.25, -0.2) is 0 Å². The van der Waals surface area contributed by atoms with Crippen LogP contribution in [0.3, 0.4) is 0 Å². The first-order valence-electron chi connectivity index (χ1n) is 6.74. The van der Waals surface area contributed by atoms with Crippen molar-refractivity contribution in [2.45, 2.75) is 44.4 Å². The highest BCUT2D eigenvalue weighted by Crippen LogP contribution is 2.43. The molecule has 1 aliphatic rings. The lowest BCUT2D eigenvalue weighted by molar-refractivity contribution is 0.402. The van der Waals surface area contributed by atoms with E-state index in [0.717, 1.165) is 10.2 Å². The second-order valence-electron chi connectivity index (χ2n) is 5.24. The van der Waals surface area contributed by atoms with E-state index in [1.807, 2.05) is 0 Å². The van der Waals surface area contributed by atoms with E-state index in [0.29, 0.717) is 18.4 Å². The third-order valence-electron chi connectivity index (χ3n) is 4.02. The first-order valence-corrected chi connectivity index (χ1v) is 7.54. The van der Waals surface area contributed by atoms with Crippen LogP contribution in [0.25, 0.3) is 0 Å². The second-order valence-corrected chi connectivity index (χ2v) is 6.10. The normalized spacial score (nSPS) is 18.0. The number of hydrogen-bond donors (Lipinski definition) is 1. The molecular formula is C15H22BrNO. The molecule has 0 aliphatic heterocycles. The number of benzene rings is 1. The van der Waals surface area contributed by atoms with E-state index in [2.05, 4.69) is 35.0 Å². The summed E-state index contributed by atoms with van der Waals surface area (Å²) in [6.07, 6.45) is 5.23. The highest BCUT2D eigenvalue weighted by molar-refractivity contribution is 9.10. The van der Waals surface area contributed by atoms with Crippen LogP contribution >= 0.6 is 15.9 Å². The van der Waals surface area contributed by atoms with Crippen molar-refractivity contribution in [3.05, 3.63) is 27.7 Å². The molecule has 1 atom stereocenters. The molecule has 0 bridgehead atoms. The standard InChI is InChI=1S/C15H22BrNO/c1-10(9-17)12-7-13(11-5-3-4-6-11)15(18-2)14(16)8-12/h7-8,10-11H,3-6,9,17H2,1-2H3. The van der Waals surface area contributed by atoms with Gasteiger partial charge in [-0.1, -0.05) is 25.8 Å². The van der Waals surface area contributed by atoms with Crippen molar-refractivity contribution in [1.82, 2.24) is 0 Å². The molecule has 1 saturated carbocycles. The Morgan fingerprint density at radius 3 is 2.61 bits per heavy atom. The number of ether oxygens (including phenoxy) is 1. The van der Waals surface area contributed by atoms with Crippen molar-refractivity contribution in [3.63, 3.8) is 0 Å². The molecule has 0 heterocycles. The summed E-state index contributed by atoms with van der Waals surface area (Å²) in [4.78, 5) is 0. The Bertz CT molecular complexity index is 413. The van der Waals surface area contributed by atoms with Crippen LogP contribution in [0, 0.1) is 0 Å². The zero-order valence-corrected chi connectivity index (χ0v) is 12.8. The Morgan fingerprint density at radius 1 is 1.39 bits per heavy atom. The van der Waals surface area contributed by atoms with Gasteiger partial charge in [-0.15, -0.1) is 0 Å². The van der Waals surface area contributed by atoms with Crippen molar-refractivity contribution < 1.29 is 4.74 Å². The quantitative estimate of drug-likeness (QED) is 0.905. The van der Waals surface area contributed by atoms with Crippen LogP contribution in [-0.2, 0) is 0 Å². The van der Waals surface area contributed by atoms with Gasteiger partial charge in [0.15, 0.2) is 0 Å². The van der Waals surface area contributed by atoms with E-state index >= 15 is 0 Å². The van der Waals surface area contributed by atoms with Gasteiger partial charge in [-0.3, -0.25) is 0 Å². The van der Waals surface area contributed by atoms with Gasteiger partial charge >= 0.3 is 0 Å². The summed E-state index contributed by atoms with van der Waals surface area (Å²) < 4.78 is 6.64. The average Bonchev–Trinajstić information content (AvgIpc) is 2.90. The molecule has 3 heteroatoms. The lowest BCUT2D eigenvalue weighted by Gasteiger charge is -2.19. The summed E-state index contributed by atoms with van der Waals surface area (Å²) in [5.74, 6) is 2.06. The predicted molar refractivity (Wildman–Crippen MR) is 79.4 cm³/mol. The molecule has 1 unspecified atom stereocenters. The highest BCUT2D eigenvalue weighted by atomic mass is 79.9. The zero-order chi connectivity index (χ0) is 13.1. The van der Waals surface area contributed by atoms with E-state index < -0.39 is 0 Å². The molecule has 0 amide bonds. The molecule has 100 valence electrons. The number of nitrogens with two attached hydrogens (primary N) is 1. The van der Waals surface area contributed by atoms with E-state index in [4.69, 9.17) is 10.5 Å². The van der Waals surface area contributed by atoms with Crippen LogP contribution in [0.4, 0.5) is 0 Å². The molecule has 1 fully saturated rings. The SMILES string of the molecule is COc1c(Br)cc(C(C)CN)cc1C1CCCC1. The molecule has 0 aromatic heterocycles. The first-order chi connectivity index (χ1) is 8.67. The summed E-state index contributed by atoms with van der Waals surface area (Å²) in [7, 11) is 1.75. The van der Waals surface area contributed by atoms with Gasteiger partial charge < -0.3 is 10.5 Å². The predicted octanol–water partition coefficient (Wildman–Crippen LogP) is 4.18. The third-order valence-corrected chi connectivity index (χ3v) is 4.61. The van der Waals surface area contributed by atoms with Gasteiger partial charge in [0.1, 0.15) is 5.75 Å². The molecule has 2 nitrogen and oxygen atoms in total. The van der Waals surface area contributed by atoms with Crippen molar-refractivity contribution in [2.24, 2.45) is 5.73 Å². The molecule has 0 spiro atoms. The molecule has 0 saturated heterocycles. The highest BCUT2D eigenvalue weighted by Gasteiger charge is 2.23. The van der Waals surface area contributed by atoms with Crippen molar-refractivity contribution in [1.29, 1.82) is 0 Å². The van der Waals surface area contributed by atoms with Crippen LogP contribution in [0.1, 0.15) is 55.6 Å². The van der Waals surface area contributed by atoms with Crippen LogP contribution in [0.15, 0.2) is 16.6 Å². The summed E-state index contributed by atoms with van der Waals surface area (Å²) in [6, 6.07) is 4.45. The van der Waals surface area contributed by atoms with E-state index in [-0.39, 0.29) is 0 Å². The smallest absolute Gasteiger partial charge is 0.136 e. The van der Waals surface area contributed by atoms with Crippen molar-refractivity contribution in [3.8, 4) is 5.75 Å². The molecule has 1 aromatic carbocycles. The largest absolute Gasteiger partial charge is 0.495 e. The molecule has 2 N–H and O–H groups in total. The topological polar surface area (TPSA) is 35.2 Å². The minimum absolute atomic E-state index is 0.396. The van der Waals surface area contributed by atoms with E-state index in [1.54, 1.807) is 7.11 Å². The van der Waals surface area contributed by atoms with E-state index in [1.165, 1.54) is 36.8 Å².